The fourth-order valence-electron chi connectivity index (χ4n) is 3.84. The lowest BCUT2D eigenvalue weighted by Crippen LogP contribution is -2.49. The van der Waals surface area contributed by atoms with Gasteiger partial charge in [-0.3, -0.25) is 9.79 Å². The number of nitrogens with zero attached hydrogens (tertiary/aromatic N) is 1. The summed E-state index contributed by atoms with van der Waals surface area (Å²) >= 11 is 0. The van der Waals surface area contributed by atoms with Gasteiger partial charge in [-0.1, -0.05) is 33.1 Å². The Morgan fingerprint density at radius 2 is 2.11 bits per heavy atom. The van der Waals surface area contributed by atoms with Gasteiger partial charge in [-0.05, 0) is 68.0 Å². The van der Waals surface area contributed by atoms with Gasteiger partial charge in [0.15, 0.2) is 5.78 Å². The first-order valence-corrected chi connectivity index (χ1v) is 9.80. The van der Waals surface area contributed by atoms with Crippen LogP contribution in [0.1, 0.15) is 56.0 Å². The third-order valence-corrected chi connectivity index (χ3v) is 6.07. The average Bonchev–Trinajstić information content (AvgIpc) is 3.48. The minimum absolute atomic E-state index is 0.0580. The van der Waals surface area contributed by atoms with Gasteiger partial charge in [-0.2, -0.15) is 0 Å². The number of hydrogen-bond donors (Lipinski definition) is 1. The highest BCUT2D eigenvalue weighted by Crippen LogP contribution is 2.48. The molecule has 0 aromatic heterocycles. The monoisotopic (exact) mass is 362 g/mol. The van der Waals surface area contributed by atoms with E-state index in [0.717, 1.165) is 41.4 Å². The summed E-state index contributed by atoms with van der Waals surface area (Å²) < 4.78 is 0. The average molecular weight is 363 g/mol. The second kappa shape index (κ2) is 7.67. The number of carbonyl (C=O) groups is 1. The van der Waals surface area contributed by atoms with Crippen molar-refractivity contribution in [2.24, 2.45) is 16.8 Å². The molecule has 0 spiro atoms. The summed E-state index contributed by atoms with van der Waals surface area (Å²) in [6.45, 7) is 14.7. The van der Waals surface area contributed by atoms with Crippen LogP contribution in [-0.2, 0) is 5.41 Å². The van der Waals surface area contributed by atoms with Crippen molar-refractivity contribution in [2.45, 2.75) is 45.4 Å². The molecule has 0 bridgehead atoms. The molecule has 2 aliphatic rings. The molecule has 2 fully saturated rings. The fraction of sp³-hybridized carbons (Fsp3) is 0.417. The number of anilines is 1. The summed E-state index contributed by atoms with van der Waals surface area (Å²) in [6.07, 6.45) is 8.95. The van der Waals surface area contributed by atoms with Crippen molar-refractivity contribution in [3.63, 3.8) is 0 Å². The Kier molecular flexibility index (Phi) is 5.50. The van der Waals surface area contributed by atoms with Crippen LogP contribution >= 0.6 is 0 Å². The molecule has 27 heavy (non-hydrogen) atoms. The number of Topliss-reactive ketones (excluding diaryl/α,β-unsaturated/α-hetero) is 1. The number of rotatable bonds is 8. The lowest BCUT2D eigenvalue weighted by molar-refractivity contribution is 0.101. The van der Waals surface area contributed by atoms with Crippen molar-refractivity contribution >= 4 is 17.2 Å². The standard InChI is InChI=1S/C24H30N2O/c1-6-8-19(7-2)26-20-11-12-21(17(4)27)22(13-20)24(5)14-23(16(24)3)25-15-18-9-10-18/h6-8,11-13,16,18,26H,1-2,9-10,14-15H2,3-5H3/b19-8+,25-23-/t16-,24?/m0/s1. The summed E-state index contributed by atoms with van der Waals surface area (Å²) in [5.74, 6) is 1.27. The molecule has 0 aliphatic heterocycles. The number of hydrogen-bond acceptors (Lipinski definition) is 3. The maximum Gasteiger partial charge on any atom is 0.160 e. The molecule has 2 saturated carbocycles. The summed E-state index contributed by atoms with van der Waals surface area (Å²) in [6, 6.07) is 6.01. The van der Waals surface area contributed by atoms with Gasteiger partial charge in [0.05, 0.1) is 0 Å². The van der Waals surface area contributed by atoms with Crippen molar-refractivity contribution in [3.8, 4) is 0 Å². The molecule has 3 rings (SSSR count). The van der Waals surface area contributed by atoms with E-state index in [0.29, 0.717) is 5.92 Å². The number of aliphatic imine (C=N–C) groups is 1. The van der Waals surface area contributed by atoms with Gasteiger partial charge >= 0.3 is 0 Å². The summed E-state index contributed by atoms with van der Waals surface area (Å²) in [5.41, 5.74) is 5.00. The molecular formula is C24H30N2O. The largest absolute Gasteiger partial charge is 0.356 e. The second-order valence-corrected chi connectivity index (χ2v) is 8.09. The molecule has 0 saturated heterocycles. The topological polar surface area (TPSA) is 41.5 Å². The second-order valence-electron chi connectivity index (χ2n) is 8.09. The van der Waals surface area contributed by atoms with Crippen LogP contribution in [0.5, 0.6) is 0 Å². The first-order chi connectivity index (χ1) is 12.9. The quantitative estimate of drug-likeness (QED) is 0.476. The molecule has 1 N–H and O–H groups in total. The number of benzene rings is 1. The summed E-state index contributed by atoms with van der Waals surface area (Å²) in [4.78, 5) is 17.1. The van der Waals surface area contributed by atoms with Gasteiger partial charge in [-0.25, -0.2) is 0 Å². The Morgan fingerprint density at radius 3 is 2.67 bits per heavy atom. The molecule has 0 amide bonds. The van der Waals surface area contributed by atoms with E-state index >= 15 is 0 Å². The zero-order chi connectivity index (χ0) is 19.6. The van der Waals surface area contributed by atoms with Crippen LogP contribution in [0.3, 0.4) is 0 Å². The van der Waals surface area contributed by atoms with Crippen molar-refractivity contribution in [2.75, 3.05) is 11.9 Å². The SMILES string of the molecule is C=C/C=C(\C=C)Nc1ccc(C(C)=O)c(C2(C)C/C(=N/CC3CC3)[C@@H]2C)c1. The predicted octanol–water partition coefficient (Wildman–Crippen LogP) is 5.71. The normalized spacial score (nSPS) is 26.4. The molecule has 1 unspecified atom stereocenters. The molecule has 0 radical (unpaired) electrons. The van der Waals surface area contributed by atoms with Crippen LogP contribution in [-0.4, -0.2) is 18.0 Å². The van der Waals surface area contributed by atoms with Crippen molar-refractivity contribution in [1.82, 2.24) is 0 Å². The van der Waals surface area contributed by atoms with Crippen LogP contribution < -0.4 is 5.32 Å². The molecule has 3 nitrogen and oxygen atoms in total. The highest BCUT2D eigenvalue weighted by Gasteiger charge is 2.47. The Hall–Kier alpha value is -2.42. The van der Waals surface area contributed by atoms with Gasteiger partial charge in [0.2, 0.25) is 0 Å². The van der Waals surface area contributed by atoms with E-state index in [1.165, 1.54) is 18.6 Å². The van der Waals surface area contributed by atoms with E-state index in [1.807, 2.05) is 18.2 Å². The maximum atomic E-state index is 12.3. The Morgan fingerprint density at radius 1 is 1.37 bits per heavy atom. The number of allylic oxidation sites excluding steroid dienone is 3. The van der Waals surface area contributed by atoms with Crippen molar-refractivity contribution in [1.29, 1.82) is 0 Å². The first kappa shape index (κ1) is 19.3. The summed E-state index contributed by atoms with van der Waals surface area (Å²) in [5, 5.41) is 3.36. The Balaban J connectivity index is 1.90. The molecular weight excluding hydrogens is 332 g/mol. The van der Waals surface area contributed by atoms with Gasteiger partial charge in [0.1, 0.15) is 0 Å². The first-order valence-electron chi connectivity index (χ1n) is 9.80. The van der Waals surface area contributed by atoms with E-state index < -0.39 is 0 Å². The molecule has 2 aliphatic carbocycles. The zero-order valence-corrected chi connectivity index (χ0v) is 16.7. The lowest BCUT2D eigenvalue weighted by Gasteiger charge is -2.48. The van der Waals surface area contributed by atoms with Crippen molar-refractivity contribution in [3.05, 3.63) is 66.4 Å². The highest BCUT2D eigenvalue weighted by atomic mass is 16.1. The molecule has 142 valence electrons. The molecule has 1 aromatic rings. The van der Waals surface area contributed by atoms with Crippen LogP contribution in [0.25, 0.3) is 0 Å². The van der Waals surface area contributed by atoms with E-state index in [-0.39, 0.29) is 11.2 Å². The van der Waals surface area contributed by atoms with Gasteiger partial charge in [0.25, 0.3) is 0 Å². The Labute approximate surface area is 163 Å². The number of carbonyl (C=O) groups excluding carboxylic acids is 1. The Bertz CT molecular complexity index is 829. The van der Waals surface area contributed by atoms with Crippen LogP contribution in [0.2, 0.25) is 0 Å². The van der Waals surface area contributed by atoms with E-state index in [4.69, 9.17) is 4.99 Å². The lowest BCUT2D eigenvalue weighted by atomic mass is 9.56. The zero-order valence-electron chi connectivity index (χ0n) is 16.7. The molecule has 2 atom stereocenters. The molecule has 1 aromatic carbocycles. The number of nitrogens with one attached hydrogen (secondary N) is 1. The smallest absolute Gasteiger partial charge is 0.160 e. The van der Waals surface area contributed by atoms with Gasteiger partial charge in [-0.15, -0.1) is 0 Å². The van der Waals surface area contributed by atoms with Crippen LogP contribution in [0, 0.1) is 11.8 Å². The highest BCUT2D eigenvalue weighted by molar-refractivity contribution is 6.00. The van der Waals surface area contributed by atoms with E-state index in [2.05, 4.69) is 38.4 Å². The van der Waals surface area contributed by atoms with Crippen LogP contribution in [0.4, 0.5) is 5.69 Å². The summed E-state index contributed by atoms with van der Waals surface area (Å²) in [7, 11) is 0. The number of ketones is 1. The minimum Gasteiger partial charge on any atom is -0.356 e. The third-order valence-electron chi connectivity index (χ3n) is 6.07. The fourth-order valence-corrected chi connectivity index (χ4v) is 3.84. The van der Waals surface area contributed by atoms with Gasteiger partial charge < -0.3 is 5.32 Å². The molecule has 3 heteroatoms. The third kappa shape index (κ3) is 3.97. The predicted molar refractivity (Wildman–Crippen MR) is 115 cm³/mol. The molecule has 0 heterocycles. The maximum absolute atomic E-state index is 12.3. The van der Waals surface area contributed by atoms with E-state index in [9.17, 15) is 4.79 Å². The van der Waals surface area contributed by atoms with Crippen LogP contribution in [0.15, 0.2) is 60.3 Å². The van der Waals surface area contributed by atoms with Crippen molar-refractivity contribution < 1.29 is 4.79 Å². The van der Waals surface area contributed by atoms with E-state index in [1.54, 1.807) is 19.1 Å². The van der Waals surface area contributed by atoms with Gasteiger partial charge in [0, 0.05) is 40.5 Å². The minimum atomic E-state index is -0.0580.